The second-order valence-corrected chi connectivity index (χ2v) is 7.00. The number of carbonyl (C=O) groups is 1. The van der Waals surface area contributed by atoms with Crippen molar-refractivity contribution in [2.75, 3.05) is 13.1 Å². The van der Waals surface area contributed by atoms with Gasteiger partial charge in [-0.3, -0.25) is 4.79 Å². The van der Waals surface area contributed by atoms with Crippen molar-refractivity contribution in [2.45, 2.75) is 37.1 Å². The Balaban J connectivity index is 1.52. The van der Waals surface area contributed by atoms with Crippen LogP contribution < -0.4 is 5.73 Å². The predicted molar refractivity (Wildman–Crippen MR) is 87.3 cm³/mol. The zero-order valence-electron chi connectivity index (χ0n) is 13.3. The highest BCUT2D eigenvalue weighted by Crippen LogP contribution is 2.37. The lowest BCUT2D eigenvalue weighted by atomic mass is 9.93. The number of amides is 1. The van der Waals surface area contributed by atoms with Gasteiger partial charge in [-0.2, -0.15) is 0 Å². The zero-order chi connectivity index (χ0) is 16.3. The maximum atomic E-state index is 12.6. The Morgan fingerprint density at radius 1 is 1.42 bits per heavy atom. The quantitative estimate of drug-likeness (QED) is 0.725. The van der Waals surface area contributed by atoms with Crippen molar-refractivity contribution >= 4 is 22.5 Å². The average molecular weight is 325 g/mol. The van der Waals surface area contributed by atoms with Crippen LogP contribution in [0.1, 0.15) is 37.3 Å². The first kappa shape index (κ1) is 13.9. The molecule has 0 radical (unpaired) electrons. The number of nitrogens with one attached hydrogen (secondary N) is 1. The minimum atomic E-state index is -0.603. The van der Waals surface area contributed by atoms with E-state index in [-0.39, 0.29) is 11.8 Å². The van der Waals surface area contributed by atoms with Crippen LogP contribution in [0.3, 0.4) is 0 Å². The molecule has 0 bridgehead atoms. The van der Waals surface area contributed by atoms with Gasteiger partial charge in [0.2, 0.25) is 5.91 Å². The van der Waals surface area contributed by atoms with E-state index in [1.165, 1.54) is 0 Å². The monoisotopic (exact) mass is 325 g/mol. The van der Waals surface area contributed by atoms with Gasteiger partial charge in [0.15, 0.2) is 0 Å². The maximum Gasteiger partial charge on any atom is 0.242 e. The van der Waals surface area contributed by atoms with E-state index in [1.807, 2.05) is 17.2 Å². The number of nitrogens with zero attached hydrogens (tertiary/aromatic N) is 5. The minimum Gasteiger partial charge on any atom is -0.346 e. The molecule has 8 heteroatoms. The molecule has 1 saturated carbocycles. The molecule has 1 aliphatic heterocycles. The molecule has 8 nitrogen and oxygen atoms in total. The van der Waals surface area contributed by atoms with E-state index >= 15 is 0 Å². The number of H-pyrrole nitrogens is 1. The standard InChI is InChI=1S/C16H19N7O/c17-16(4-5-16)15(24)22-7-1-2-10(8-22)12-13-11-3-6-18-14(11)19-9-23(13)21-20-12/h3,6,9-10,18H,1-2,4-5,7-8,17H2/t10-/m0/s1. The molecule has 3 N–H and O–H groups in total. The molecule has 3 aromatic heterocycles. The van der Waals surface area contributed by atoms with Gasteiger partial charge in [0, 0.05) is 30.6 Å². The number of nitrogens with two attached hydrogens (primary N) is 1. The van der Waals surface area contributed by atoms with Gasteiger partial charge in [-0.25, -0.2) is 9.50 Å². The number of carbonyl (C=O) groups excluding carboxylic acids is 1. The highest BCUT2D eigenvalue weighted by atomic mass is 16.2. The Morgan fingerprint density at radius 3 is 3.12 bits per heavy atom. The second-order valence-electron chi connectivity index (χ2n) is 7.00. The van der Waals surface area contributed by atoms with Crippen molar-refractivity contribution < 1.29 is 4.79 Å². The molecule has 5 rings (SSSR count). The van der Waals surface area contributed by atoms with E-state index in [1.54, 1.807) is 10.8 Å². The first-order valence-corrected chi connectivity index (χ1v) is 8.41. The lowest BCUT2D eigenvalue weighted by Gasteiger charge is -2.33. The maximum absolute atomic E-state index is 12.6. The predicted octanol–water partition coefficient (Wildman–Crippen LogP) is 0.803. The van der Waals surface area contributed by atoms with Gasteiger partial charge in [-0.1, -0.05) is 5.21 Å². The molecule has 1 saturated heterocycles. The zero-order valence-corrected chi connectivity index (χ0v) is 13.3. The van der Waals surface area contributed by atoms with E-state index in [2.05, 4.69) is 20.3 Å². The molecule has 1 atom stereocenters. The molecule has 0 unspecified atom stereocenters. The van der Waals surface area contributed by atoms with E-state index in [0.717, 1.165) is 54.5 Å². The van der Waals surface area contributed by atoms with Crippen LogP contribution in [0.15, 0.2) is 18.6 Å². The largest absolute Gasteiger partial charge is 0.346 e. The van der Waals surface area contributed by atoms with Crippen LogP contribution in [-0.2, 0) is 4.79 Å². The lowest BCUT2D eigenvalue weighted by Crippen LogP contribution is -2.49. The van der Waals surface area contributed by atoms with Gasteiger partial charge >= 0.3 is 0 Å². The molecule has 2 fully saturated rings. The summed E-state index contributed by atoms with van der Waals surface area (Å²) in [4.78, 5) is 22.0. The fraction of sp³-hybridized carbons (Fsp3) is 0.500. The summed E-state index contributed by atoms with van der Waals surface area (Å²) in [6.45, 7) is 1.45. The van der Waals surface area contributed by atoms with Crippen molar-refractivity contribution in [3.05, 3.63) is 24.3 Å². The highest BCUT2D eigenvalue weighted by Gasteiger charge is 2.48. The third kappa shape index (κ3) is 1.96. The normalized spacial score (nSPS) is 23.0. The van der Waals surface area contributed by atoms with Crippen LogP contribution in [0.25, 0.3) is 16.6 Å². The van der Waals surface area contributed by atoms with Gasteiger partial charge in [0.25, 0.3) is 0 Å². The van der Waals surface area contributed by atoms with Crippen LogP contribution in [0.2, 0.25) is 0 Å². The first-order valence-electron chi connectivity index (χ1n) is 8.41. The summed E-state index contributed by atoms with van der Waals surface area (Å²) in [7, 11) is 0. The number of rotatable bonds is 2. The number of fused-ring (bicyclic) bond motifs is 3. The molecule has 24 heavy (non-hydrogen) atoms. The topological polar surface area (TPSA) is 105 Å². The van der Waals surface area contributed by atoms with Gasteiger partial charge in [0.05, 0.1) is 11.2 Å². The smallest absolute Gasteiger partial charge is 0.242 e. The van der Waals surface area contributed by atoms with E-state index in [0.29, 0.717) is 6.54 Å². The van der Waals surface area contributed by atoms with Crippen molar-refractivity contribution in [3.63, 3.8) is 0 Å². The fourth-order valence-corrected chi connectivity index (χ4v) is 3.74. The molecular formula is C16H19N7O. The Hall–Kier alpha value is -2.48. The lowest BCUT2D eigenvalue weighted by molar-refractivity contribution is -0.134. The molecule has 1 amide bonds. The molecule has 0 aromatic carbocycles. The Bertz CT molecular complexity index is 938. The van der Waals surface area contributed by atoms with Gasteiger partial charge in [-0.05, 0) is 31.7 Å². The fourth-order valence-electron chi connectivity index (χ4n) is 3.74. The summed E-state index contributed by atoms with van der Waals surface area (Å²) in [5.41, 5.74) is 8.25. The number of piperidine rings is 1. The first-order chi connectivity index (χ1) is 11.7. The molecule has 4 heterocycles. The molecule has 0 spiro atoms. The van der Waals surface area contributed by atoms with Gasteiger partial charge in [-0.15, -0.1) is 5.10 Å². The SMILES string of the molecule is NC1(C(=O)N2CCC[C@H](c3nnn4cnc5[nH]ccc5c34)C2)CC1. The van der Waals surface area contributed by atoms with Gasteiger partial charge < -0.3 is 15.6 Å². The summed E-state index contributed by atoms with van der Waals surface area (Å²) >= 11 is 0. The average Bonchev–Trinajstić information content (AvgIpc) is 3.03. The Labute approximate surface area is 138 Å². The minimum absolute atomic E-state index is 0.0946. The van der Waals surface area contributed by atoms with Crippen LogP contribution in [0, 0.1) is 0 Å². The van der Waals surface area contributed by atoms with Crippen LogP contribution in [0.5, 0.6) is 0 Å². The number of aromatic amines is 1. The Morgan fingerprint density at radius 2 is 2.29 bits per heavy atom. The number of likely N-dealkylation sites (tertiary alicyclic amines) is 1. The van der Waals surface area contributed by atoms with Gasteiger partial charge in [0.1, 0.15) is 17.5 Å². The summed E-state index contributed by atoms with van der Waals surface area (Å²) in [5, 5.41) is 9.64. The van der Waals surface area contributed by atoms with E-state index in [4.69, 9.17) is 5.73 Å². The molecular weight excluding hydrogens is 306 g/mol. The van der Waals surface area contributed by atoms with E-state index < -0.39 is 5.54 Å². The van der Waals surface area contributed by atoms with Crippen molar-refractivity contribution in [2.24, 2.45) is 5.73 Å². The van der Waals surface area contributed by atoms with Crippen molar-refractivity contribution in [1.82, 2.24) is 29.7 Å². The van der Waals surface area contributed by atoms with Crippen molar-refractivity contribution in [1.29, 1.82) is 0 Å². The van der Waals surface area contributed by atoms with Crippen LogP contribution >= 0.6 is 0 Å². The Kier molecular flexibility index (Phi) is 2.76. The number of hydrogen-bond acceptors (Lipinski definition) is 5. The third-order valence-electron chi connectivity index (χ3n) is 5.31. The van der Waals surface area contributed by atoms with Crippen LogP contribution in [-0.4, -0.2) is 54.2 Å². The van der Waals surface area contributed by atoms with E-state index in [9.17, 15) is 4.79 Å². The molecule has 1 aliphatic carbocycles. The molecule has 2 aliphatic rings. The van der Waals surface area contributed by atoms with Crippen LogP contribution in [0.4, 0.5) is 0 Å². The summed E-state index contributed by atoms with van der Waals surface area (Å²) in [6, 6.07) is 2.00. The molecule has 124 valence electrons. The van der Waals surface area contributed by atoms with Crippen molar-refractivity contribution in [3.8, 4) is 0 Å². The number of hydrogen-bond donors (Lipinski definition) is 2. The summed E-state index contributed by atoms with van der Waals surface area (Å²) in [6.07, 6.45) is 7.12. The molecule has 3 aromatic rings. The second kappa shape index (κ2) is 4.76. The highest BCUT2D eigenvalue weighted by molar-refractivity contribution is 5.93. The number of aromatic nitrogens is 5. The third-order valence-corrected chi connectivity index (χ3v) is 5.31. The summed E-state index contributed by atoms with van der Waals surface area (Å²) in [5.74, 6) is 0.278. The summed E-state index contributed by atoms with van der Waals surface area (Å²) < 4.78 is 1.72.